The molecule has 0 saturated heterocycles. The summed E-state index contributed by atoms with van der Waals surface area (Å²) in [6.45, 7) is 8.62. The molecule has 8 heteroatoms. The van der Waals surface area contributed by atoms with Crippen molar-refractivity contribution >= 4 is 13.8 Å². The molecule has 0 fully saturated rings. The van der Waals surface area contributed by atoms with Crippen molar-refractivity contribution in [3.8, 4) is 0 Å². The topological polar surface area (TPSA) is 118 Å². The fourth-order valence-electron chi connectivity index (χ4n) is 5.48. The number of aliphatic carboxylic acids is 1. The molecule has 0 heterocycles. The fraction of sp³-hybridized carbons (Fsp3) is 0.971. The molecular formula is C34H72NO6P. The van der Waals surface area contributed by atoms with Gasteiger partial charge in [0, 0.05) is 6.42 Å². The van der Waals surface area contributed by atoms with Crippen LogP contribution in [0.15, 0.2) is 0 Å². The zero-order valence-electron chi connectivity index (χ0n) is 27.9. The summed E-state index contributed by atoms with van der Waals surface area (Å²) in [5.41, 5.74) is 0. The molecule has 0 aliphatic heterocycles. The maximum absolute atomic E-state index is 10.5. The minimum absolute atomic E-state index is 0.344. The average Bonchev–Trinajstić information content (AvgIpc) is 2.92. The van der Waals surface area contributed by atoms with Gasteiger partial charge in [0.25, 0.3) is 0 Å². The Morgan fingerprint density at radius 1 is 0.452 bits per heavy atom. The van der Waals surface area contributed by atoms with E-state index in [0.29, 0.717) is 6.42 Å². The predicted molar refractivity (Wildman–Crippen MR) is 179 cm³/mol. The molecule has 0 amide bonds. The molecule has 0 aromatic carbocycles. The largest absolute Gasteiger partial charge is 0.481 e. The fourth-order valence-corrected chi connectivity index (χ4v) is 5.48. The van der Waals surface area contributed by atoms with Crippen LogP contribution in [0.1, 0.15) is 194 Å². The van der Waals surface area contributed by atoms with Crippen LogP contribution < -0.4 is 0 Å². The molecule has 0 spiro atoms. The summed E-state index contributed by atoms with van der Waals surface area (Å²) in [5, 5.41) is 8.66. The van der Waals surface area contributed by atoms with Crippen LogP contribution in [0.25, 0.3) is 0 Å². The first-order valence-corrected chi connectivity index (χ1v) is 19.5. The van der Waals surface area contributed by atoms with Crippen LogP contribution in [0.2, 0.25) is 0 Å². The summed E-state index contributed by atoms with van der Waals surface area (Å²) < 4.78 is 8.88. The third kappa shape index (κ3) is 46.5. The number of carboxylic acid groups (broad SMARTS) is 1. The molecule has 42 heavy (non-hydrogen) atoms. The van der Waals surface area contributed by atoms with Crippen LogP contribution in [-0.2, 0) is 9.36 Å². The number of hydrogen-bond acceptors (Lipinski definition) is 3. The van der Waals surface area contributed by atoms with Crippen molar-refractivity contribution in [2.45, 2.75) is 194 Å². The molecule has 0 aromatic heterocycles. The summed E-state index contributed by atoms with van der Waals surface area (Å²) in [7, 11) is -4.64. The van der Waals surface area contributed by atoms with E-state index in [1.807, 2.05) is 0 Å². The SMILES string of the molecule is CCCCCCCCCCN(CCCCCCCC)CCCCCCCCCCCCCCCC(=O)O.O=P(O)(O)O. The Kier molecular flexibility index (Phi) is 36.4. The Morgan fingerprint density at radius 3 is 0.905 bits per heavy atom. The van der Waals surface area contributed by atoms with Gasteiger partial charge in [-0.15, -0.1) is 0 Å². The highest BCUT2D eigenvalue weighted by Crippen LogP contribution is 2.25. The van der Waals surface area contributed by atoms with Crippen molar-refractivity contribution in [2.24, 2.45) is 0 Å². The lowest BCUT2D eigenvalue weighted by atomic mass is 10.0. The third-order valence-electron chi connectivity index (χ3n) is 8.02. The van der Waals surface area contributed by atoms with Crippen LogP contribution in [0.3, 0.4) is 0 Å². The zero-order chi connectivity index (χ0) is 31.6. The Labute approximate surface area is 260 Å². The minimum atomic E-state index is -4.64. The van der Waals surface area contributed by atoms with E-state index in [0.717, 1.165) is 12.8 Å². The maximum Gasteiger partial charge on any atom is 0.466 e. The monoisotopic (exact) mass is 622 g/mol. The van der Waals surface area contributed by atoms with Crippen molar-refractivity contribution in [3.63, 3.8) is 0 Å². The van der Waals surface area contributed by atoms with Gasteiger partial charge >= 0.3 is 13.8 Å². The van der Waals surface area contributed by atoms with Crippen molar-refractivity contribution in [2.75, 3.05) is 19.6 Å². The van der Waals surface area contributed by atoms with Crippen LogP contribution in [0.4, 0.5) is 0 Å². The van der Waals surface area contributed by atoms with Crippen molar-refractivity contribution in [1.29, 1.82) is 0 Å². The molecule has 0 radical (unpaired) electrons. The second-order valence-electron chi connectivity index (χ2n) is 12.3. The van der Waals surface area contributed by atoms with Gasteiger partial charge in [-0.1, -0.05) is 162 Å². The molecular weight excluding hydrogens is 549 g/mol. The first-order chi connectivity index (χ1) is 20.2. The van der Waals surface area contributed by atoms with Gasteiger partial charge in [0.15, 0.2) is 0 Å². The maximum atomic E-state index is 10.5. The number of phosphoric acid groups is 1. The Hall–Kier alpha value is -0.460. The second kappa shape index (κ2) is 35.0. The van der Waals surface area contributed by atoms with E-state index in [9.17, 15) is 4.79 Å². The summed E-state index contributed by atoms with van der Waals surface area (Å²) in [4.78, 5) is 34.9. The van der Waals surface area contributed by atoms with E-state index in [4.69, 9.17) is 24.4 Å². The molecule has 0 saturated carbocycles. The van der Waals surface area contributed by atoms with E-state index >= 15 is 0 Å². The predicted octanol–water partition coefficient (Wildman–Crippen LogP) is 10.4. The molecule has 4 N–H and O–H groups in total. The van der Waals surface area contributed by atoms with Crippen molar-refractivity contribution in [1.82, 2.24) is 4.90 Å². The highest BCUT2D eigenvalue weighted by Gasteiger charge is 2.05. The van der Waals surface area contributed by atoms with Gasteiger partial charge in [0.2, 0.25) is 0 Å². The number of hydrogen-bond donors (Lipinski definition) is 4. The first-order valence-electron chi connectivity index (χ1n) is 17.9. The van der Waals surface area contributed by atoms with E-state index in [1.54, 1.807) is 0 Å². The summed E-state index contributed by atoms with van der Waals surface area (Å²) in [6, 6.07) is 0. The molecule has 0 aromatic rings. The molecule has 7 nitrogen and oxygen atoms in total. The normalized spacial score (nSPS) is 11.6. The van der Waals surface area contributed by atoms with Gasteiger partial charge in [-0.25, -0.2) is 4.57 Å². The van der Waals surface area contributed by atoms with Gasteiger partial charge in [-0.3, -0.25) is 4.79 Å². The smallest absolute Gasteiger partial charge is 0.466 e. The van der Waals surface area contributed by atoms with Crippen LogP contribution in [0, 0.1) is 0 Å². The quantitative estimate of drug-likeness (QED) is 0.0436. The lowest BCUT2D eigenvalue weighted by Gasteiger charge is -2.22. The molecule has 0 aliphatic rings. The van der Waals surface area contributed by atoms with Gasteiger partial charge in [-0.05, 0) is 45.3 Å². The van der Waals surface area contributed by atoms with Crippen LogP contribution >= 0.6 is 7.82 Å². The summed E-state index contributed by atoms with van der Waals surface area (Å²) >= 11 is 0. The Balaban J connectivity index is 0. The van der Waals surface area contributed by atoms with Crippen LogP contribution in [-0.4, -0.2) is 50.3 Å². The van der Waals surface area contributed by atoms with Crippen LogP contribution in [0.5, 0.6) is 0 Å². The zero-order valence-corrected chi connectivity index (χ0v) is 28.8. The van der Waals surface area contributed by atoms with E-state index in [2.05, 4.69) is 18.7 Å². The molecule has 254 valence electrons. The highest BCUT2D eigenvalue weighted by atomic mass is 31.2. The van der Waals surface area contributed by atoms with Gasteiger partial charge in [0.1, 0.15) is 0 Å². The summed E-state index contributed by atoms with van der Waals surface area (Å²) in [5.74, 6) is -0.649. The Morgan fingerprint density at radius 2 is 0.667 bits per heavy atom. The average molecular weight is 622 g/mol. The van der Waals surface area contributed by atoms with Gasteiger partial charge in [-0.2, -0.15) is 0 Å². The standard InChI is InChI=1S/C34H69NO2.H3O4P/c1-3-5-7-9-11-20-24-28-32-35(31-27-23-10-8-6-4-2)33-29-25-21-18-16-14-12-13-15-17-19-22-26-30-34(36)37;1-5(2,3)4/h3-33H2,1-2H3,(H,36,37);(H3,1,2,3,4). The molecule has 0 unspecified atom stereocenters. The van der Waals surface area contributed by atoms with Gasteiger partial charge in [0.05, 0.1) is 0 Å². The second-order valence-corrected chi connectivity index (χ2v) is 13.4. The van der Waals surface area contributed by atoms with Crippen molar-refractivity contribution < 1.29 is 29.1 Å². The van der Waals surface area contributed by atoms with E-state index < -0.39 is 13.8 Å². The lowest BCUT2D eigenvalue weighted by Crippen LogP contribution is -2.27. The molecule has 0 atom stereocenters. The molecule has 0 bridgehead atoms. The number of unbranched alkanes of at least 4 members (excludes halogenated alkanes) is 24. The summed E-state index contributed by atoms with van der Waals surface area (Å²) in [6.07, 6.45) is 37.2. The lowest BCUT2D eigenvalue weighted by molar-refractivity contribution is -0.137. The molecule has 0 aliphatic carbocycles. The van der Waals surface area contributed by atoms with E-state index in [-0.39, 0.29) is 0 Å². The number of rotatable bonds is 32. The number of carbonyl (C=O) groups is 1. The third-order valence-corrected chi connectivity index (χ3v) is 8.02. The molecule has 0 rings (SSSR count). The van der Waals surface area contributed by atoms with Gasteiger partial charge < -0.3 is 24.7 Å². The van der Waals surface area contributed by atoms with E-state index in [1.165, 1.54) is 180 Å². The number of nitrogens with zero attached hydrogens (tertiary/aromatic N) is 1. The minimum Gasteiger partial charge on any atom is -0.481 e. The number of carboxylic acids is 1. The van der Waals surface area contributed by atoms with Crippen molar-refractivity contribution in [3.05, 3.63) is 0 Å². The first kappa shape index (κ1) is 43.7. The highest BCUT2D eigenvalue weighted by molar-refractivity contribution is 7.45. The Bertz CT molecular complexity index is 578.